The highest BCUT2D eigenvalue weighted by Gasteiger charge is 2.21. The van der Waals surface area contributed by atoms with Gasteiger partial charge in [0.15, 0.2) is 0 Å². The number of rotatable bonds is 6. The van der Waals surface area contributed by atoms with E-state index in [0.29, 0.717) is 18.9 Å². The van der Waals surface area contributed by atoms with Crippen molar-refractivity contribution in [1.29, 1.82) is 0 Å². The Morgan fingerprint density at radius 3 is 2.88 bits per heavy atom. The van der Waals surface area contributed by atoms with Gasteiger partial charge in [-0.05, 0) is 68.9 Å². The summed E-state index contributed by atoms with van der Waals surface area (Å²) in [4.78, 5) is 14.7. The van der Waals surface area contributed by atoms with Gasteiger partial charge in [0.2, 0.25) is 5.91 Å². The molecule has 0 aromatic heterocycles. The smallest absolute Gasteiger partial charge is 0.220 e. The van der Waals surface area contributed by atoms with Gasteiger partial charge < -0.3 is 15.0 Å². The van der Waals surface area contributed by atoms with Gasteiger partial charge >= 0.3 is 0 Å². The minimum absolute atomic E-state index is 0.189. The predicted molar refractivity (Wildman–Crippen MR) is 96.2 cm³/mol. The van der Waals surface area contributed by atoms with Crippen LogP contribution >= 0.6 is 0 Å². The number of ether oxygens (including phenoxy) is 1. The first kappa shape index (κ1) is 17.3. The Morgan fingerprint density at radius 1 is 1.33 bits per heavy atom. The van der Waals surface area contributed by atoms with Crippen molar-refractivity contribution in [2.45, 2.75) is 58.6 Å². The molecule has 24 heavy (non-hydrogen) atoms. The molecule has 1 aromatic rings. The Bertz CT molecular complexity index is 565. The second kappa shape index (κ2) is 8.02. The minimum Gasteiger partial charge on any atom is -0.490 e. The summed E-state index contributed by atoms with van der Waals surface area (Å²) < 4.78 is 5.72. The van der Waals surface area contributed by atoms with Crippen LogP contribution in [-0.2, 0) is 17.8 Å². The quantitative estimate of drug-likeness (QED) is 0.871. The van der Waals surface area contributed by atoms with Crippen LogP contribution in [0.25, 0.3) is 0 Å². The molecule has 0 aliphatic carbocycles. The average molecular weight is 330 g/mol. The van der Waals surface area contributed by atoms with Crippen molar-refractivity contribution in [2.75, 3.05) is 19.6 Å². The van der Waals surface area contributed by atoms with Crippen molar-refractivity contribution in [3.63, 3.8) is 0 Å². The maximum Gasteiger partial charge on any atom is 0.220 e. The van der Waals surface area contributed by atoms with Crippen molar-refractivity contribution in [2.24, 2.45) is 5.92 Å². The van der Waals surface area contributed by atoms with Gasteiger partial charge in [0, 0.05) is 19.4 Å². The van der Waals surface area contributed by atoms with E-state index in [1.165, 1.54) is 18.5 Å². The van der Waals surface area contributed by atoms with Crippen LogP contribution in [0.3, 0.4) is 0 Å². The summed E-state index contributed by atoms with van der Waals surface area (Å²) in [5.41, 5.74) is 2.43. The topological polar surface area (TPSA) is 41.6 Å². The molecular formula is C20H30N2O2. The Morgan fingerprint density at radius 2 is 2.12 bits per heavy atom. The number of hydrogen-bond acceptors (Lipinski definition) is 3. The van der Waals surface area contributed by atoms with E-state index >= 15 is 0 Å². The van der Waals surface area contributed by atoms with Crippen LogP contribution < -0.4 is 10.1 Å². The van der Waals surface area contributed by atoms with E-state index in [4.69, 9.17) is 4.74 Å². The Hall–Kier alpha value is -1.55. The number of amides is 1. The zero-order chi connectivity index (χ0) is 16.9. The number of hydrogen-bond donors (Lipinski definition) is 1. The fourth-order valence-electron chi connectivity index (χ4n) is 3.85. The lowest BCUT2D eigenvalue weighted by Gasteiger charge is -2.31. The first-order valence-corrected chi connectivity index (χ1v) is 9.41. The SMILES string of the molecule is CCCN1CCC(CC(=O)NCc2ccc3c(c2)C[C@@H](C)O3)CC1. The zero-order valence-electron chi connectivity index (χ0n) is 15.0. The molecule has 132 valence electrons. The number of piperidine rings is 1. The number of fused-ring (bicyclic) bond motifs is 1. The third-order valence-electron chi connectivity index (χ3n) is 5.17. The molecule has 4 heteroatoms. The molecule has 0 unspecified atom stereocenters. The summed E-state index contributed by atoms with van der Waals surface area (Å²) in [6.07, 6.45) is 5.43. The summed E-state index contributed by atoms with van der Waals surface area (Å²) >= 11 is 0. The van der Waals surface area contributed by atoms with Crippen LogP contribution in [0.5, 0.6) is 5.75 Å². The lowest BCUT2D eigenvalue weighted by Crippen LogP contribution is -2.36. The second-order valence-electron chi connectivity index (χ2n) is 7.34. The Balaban J connectivity index is 1.41. The lowest BCUT2D eigenvalue weighted by atomic mass is 9.93. The minimum atomic E-state index is 0.189. The molecular weight excluding hydrogens is 300 g/mol. The van der Waals surface area contributed by atoms with Crippen LogP contribution in [0.15, 0.2) is 18.2 Å². The fraction of sp³-hybridized carbons (Fsp3) is 0.650. The van der Waals surface area contributed by atoms with E-state index in [2.05, 4.69) is 36.2 Å². The van der Waals surface area contributed by atoms with E-state index in [0.717, 1.165) is 43.7 Å². The van der Waals surface area contributed by atoms with E-state index in [1.54, 1.807) is 0 Å². The van der Waals surface area contributed by atoms with Crippen molar-refractivity contribution in [1.82, 2.24) is 10.2 Å². The molecule has 1 amide bonds. The van der Waals surface area contributed by atoms with Crippen molar-refractivity contribution >= 4 is 5.91 Å². The summed E-state index contributed by atoms with van der Waals surface area (Å²) in [6, 6.07) is 6.26. The maximum absolute atomic E-state index is 12.2. The van der Waals surface area contributed by atoms with Crippen molar-refractivity contribution in [3.05, 3.63) is 29.3 Å². The summed E-state index contributed by atoms with van der Waals surface area (Å²) in [7, 11) is 0. The van der Waals surface area contributed by atoms with E-state index in [9.17, 15) is 4.79 Å². The number of carbonyl (C=O) groups excluding carboxylic acids is 1. The molecule has 2 aliphatic rings. The molecule has 0 radical (unpaired) electrons. The van der Waals surface area contributed by atoms with Gasteiger partial charge in [-0.1, -0.05) is 19.1 Å². The molecule has 2 aliphatic heterocycles. The zero-order valence-corrected chi connectivity index (χ0v) is 15.0. The lowest BCUT2D eigenvalue weighted by molar-refractivity contribution is -0.122. The van der Waals surface area contributed by atoms with E-state index in [1.807, 2.05) is 6.07 Å². The van der Waals surface area contributed by atoms with E-state index < -0.39 is 0 Å². The van der Waals surface area contributed by atoms with Gasteiger partial charge in [0.1, 0.15) is 11.9 Å². The van der Waals surface area contributed by atoms with Gasteiger partial charge in [-0.2, -0.15) is 0 Å². The summed E-state index contributed by atoms with van der Waals surface area (Å²) in [6.45, 7) is 8.43. The molecule has 0 bridgehead atoms. The fourth-order valence-corrected chi connectivity index (χ4v) is 3.85. The molecule has 0 saturated carbocycles. The first-order valence-electron chi connectivity index (χ1n) is 9.41. The average Bonchev–Trinajstić information content (AvgIpc) is 2.94. The molecule has 0 spiro atoms. The number of carbonyl (C=O) groups is 1. The molecule has 1 fully saturated rings. The van der Waals surface area contributed by atoms with Gasteiger partial charge in [-0.15, -0.1) is 0 Å². The predicted octanol–water partition coefficient (Wildman–Crippen LogP) is 3.14. The number of likely N-dealkylation sites (tertiary alicyclic amines) is 1. The number of nitrogens with zero attached hydrogens (tertiary/aromatic N) is 1. The van der Waals surface area contributed by atoms with E-state index in [-0.39, 0.29) is 12.0 Å². The third kappa shape index (κ3) is 4.50. The van der Waals surface area contributed by atoms with Crippen LogP contribution in [-0.4, -0.2) is 36.5 Å². The van der Waals surface area contributed by atoms with Crippen LogP contribution in [0.4, 0.5) is 0 Å². The molecule has 3 rings (SSSR count). The highest BCUT2D eigenvalue weighted by atomic mass is 16.5. The van der Waals surface area contributed by atoms with Crippen molar-refractivity contribution in [3.8, 4) is 5.75 Å². The Kier molecular flexibility index (Phi) is 5.77. The van der Waals surface area contributed by atoms with Gasteiger partial charge in [-0.3, -0.25) is 4.79 Å². The monoisotopic (exact) mass is 330 g/mol. The van der Waals surface area contributed by atoms with Crippen molar-refractivity contribution < 1.29 is 9.53 Å². The Labute approximate surface area is 145 Å². The van der Waals surface area contributed by atoms with Crippen LogP contribution in [0, 0.1) is 5.92 Å². The molecule has 1 saturated heterocycles. The second-order valence-corrected chi connectivity index (χ2v) is 7.34. The molecule has 1 aromatic carbocycles. The third-order valence-corrected chi connectivity index (χ3v) is 5.17. The molecule has 1 atom stereocenters. The summed E-state index contributed by atoms with van der Waals surface area (Å²) in [5.74, 6) is 1.73. The molecule has 1 N–H and O–H groups in total. The largest absolute Gasteiger partial charge is 0.490 e. The molecule has 2 heterocycles. The standard InChI is InChI=1S/C20H30N2O2/c1-3-8-22-9-6-16(7-10-22)13-20(23)21-14-17-4-5-19-18(12-17)11-15(2)24-19/h4-5,12,15-16H,3,6-11,13-14H2,1-2H3,(H,21,23)/t15-/m1/s1. The summed E-state index contributed by atoms with van der Waals surface area (Å²) in [5, 5.41) is 3.09. The number of benzene rings is 1. The molecule has 4 nitrogen and oxygen atoms in total. The first-order chi connectivity index (χ1) is 11.6. The number of nitrogens with one attached hydrogen (secondary N) is 1. The van der Waals surface area contributed by atoms with Crippen LogP contribution in [0.1, 0.15) is 50.7 Å². The van der Waals surface area contributed by atoms with Gasteiger partial charge in [-0.25, -0.2) is 0 Å². The highest BCUT2D eigenvalue weighted by Crippen LogP contribution is 2.29. The van der Waals surface area contributed by atoms with Gasteiger partial charge in [0.25, 0.3) is 0 Å². The highest BCUT2D eigenvalue weighted by molar-refractivity contribution is 5.76. The van der Waals surface area contributed by atoms with Crippen LogP contribution in [0.2, 0.25) is 0 Å². The normalized spacial score (nSPS) is 21.3. The van der Waals surface area contributed by atoms with Gasteiger partial charge in [0.05, 0.1) is 0 Å². The maximum atomic E-state index is 12.2.